The van der Waals surface area contributed by atoms with Gasteiger partial charge in [-0.3, -0.25) is 0 Å². The van der Waals surface area contributed by atoms with E-state index in [-0.39, 0.29) is 24.7 Å². The predicted molar refractivity (Wildman–Crippen MR) is 76.2 cm³/mol. The smallest absolute Gasteiger partial charge is 0.336 e. The third kappa shape index (κ3) is 3.71. The molecule has 0 saturated heterocycles. The maximum absolute atomic E-state index is 12.0. The molecule has 0 saturated carbocycles. The van der Waals surface area contributed by atoms with Crippen LogP contribution in [0.3, 0.4) is 0 Å². The van der Waals surface area contributed by atoms with E-state index in [4.69, 9.17) is 10.2 Å². The van der Waals surface area contributed by atoms with Crippen LogP contribution >= 0.6 is 0 Å². The second kappa shape index (κ2) is 6.91. The van der Waals surface area contributed by atoms with Crippen LogP contribution in [0.5, 0.6) is 0 Å². The molecule has 0 bridgehead atoms. The molecule has 0 spiro atoms. The summed E-state index contributed by atoms with van der Waals surface area (Å²) >= 11 is 0. The van der Waals surface area contributed by atoms with E-state index in [0.717, 1.165) is 5.56 Å². The van der Waals surface area contributed by atoms with E-state index in [0.29, 0.717) is 17.8 Å². The third-order valence-corrected chi connectivity index (χ3v) is 3.19. The van der Waals surface area contributed by atoms with Gasteiger partial charge in [-0.25, -0.2) is 9.59 Å². The van der Waals surface area contributed by atoms with Gasteiger partial charge < -0.3 is 20.4 Å². The van der Waals surface area contributed by atoms with E-state index in [1.165, 1.54) is 11.0 Å². The predicted octanol–water partition coefficient (Wildman–Crippen LogP) is 1.85. The Bertz CT molecular complexity index is 514. The Morgan fingerprint density at radius 3 is 2.45 bits per heavy atom. The van der Waals surface area contributed by atoms with Crippen LogP contribution in [0.15, 0.2) is 12.1 Å². The Kier molecular flexibility index (Phi) is 5.52. The van der Waals surface area contributed by atoms with Crippen molar-refractivity contribution in [3.8, 4) is 0 Å². The lowest BCUT2D eigenvalue weighted by atomic mass is 10.0. The van der Waals surface area contributed by atoms with Crippen molar-refractivity contribution in [2.75, 3.05) is 25.0 Å². The van der Waals surface area contributed by atoms with Crippen LogP contribution in [0.25, 0.3) is 0 Å². The molecule has 0 aromatic heterocycles. The second-order valence-corrected chi connectivity index (χ2v) is 4.50. The van der Waals surface area contributed by atoms with Crippen molar-refractivity contribution in [3.05, 3.63) is 28.8 Å². The first-order chi connectivity index (χ1) is 9.40. The summed E-state index contributed by atoms with van der Waals surface area (Å²) in [6.07, 6.45) is 0. The average Bonchev–Trinajstić information content (AvgIpc) is 2.39. The number of hydrogen-bond acceptors (Lipinski definition) is 3. The van der Waals surface area contributed by atoms with Crippen LogP contribution < -0.4 is 5.32 Å². The molecule has 6 heteroatoms. The van der Waals surface area contributed by atoms with E-state index < -0.39 is 5.97 Å². The first kappa shape index (κ1) is 16.0. The summed E-state index contributed by atoms with van der Waals surface area (Å²) in [6.45, 7) is 5.91. The Morgan fingerprint density at radius 2 is 1.95 bits per heavy atom. The number of aryl methyl sites for hydroxylation is 1. The van der Waals surface area contributed by atoms with Gasteiger partial charge in [-0.05, 0) is 44.0 Å². The number of likely N-dealkylation sites (N-methyl/N-ethyl adjacent to an activating group) is 1. The van der Waals surface area contributed by atoms with Crippen LogP contribution in [0.4, 0.5) is 10.5 Å². The molecule has 0 unspecified atom stereocenters. The minimum Gasteiger partial charge on any atom is -0.478 e. The number of carboxylic acid groups (broad SMARTS) is 1. The van der Waals surface area contributed by atoms with Crippen molar-refractivity contribution in [3.63, 3.8) is 0 Å². The van der Waals surface area contributed by atoms with Crippen molar-refractivity contribution in [1.29, 1.82) is 0 Å². The van der Waals surface area contributed by atoms with Crippen molar-refractivity contribution in [1.82, 2.24) is 4.90 Å². The number of urea groups is 1. The number of amides is 2. The number of nitrogens with zero attached hydrogens (tertiary/aromatic N) is 1. The van der Waals surface area contributed by atoms with Gasteiger partial charge in [0.25, 0.3) is 0 Å². The first-order valence-electron chi connectivity index (χ1n) is 6.42. The lowest BCUT2D eigenvalue weighted by molar-refractivity contribution is 0.0696. The van der Waals surface area contributed by atoms with Crippen LogP contribution in [0.1, 0.15) is 28.4 Å². The molecule has 0 aliphatic heterocycles. The van der Waals surface area contributed by atoms with Crippen molar-refractivity contribution in [2.24, 2.45) is 0 Å². The molecule has 1 aromatic carbocycles. The number of anilines is 1. The van der Waals surface area contributed by atoms with Crippen LogP contribution in [0, 0.1) is 13.8 Å². The maximum atomic E-state index is 12.0. The lowest BCUT2D eigenvalue weighted by Gasteiger charge is -2.20. The number of carbonyl (C=O) groups is 2. The monoisotopic (exact) mass is 280 g/mol. The highest BCUT2D eigenvalue weighted by Gasteiger charge is 2.14. The van der Waals surface area contributed by atoms with E-state index in [2.05, 4.69) is 5.32 Å². The molecule has 0 aliphatic rings. The summed E-state index contributed by atoms with van der Waals surface area (Å²) in [5, 5.41) is 20.7. The molecule has 1 aromatic rings. The van der Waals surface area contributed by atoms with Gasteiger partial charge in [0.05, 0.1) is 12.2 Å². The normalized spacial score (nSPS) is 10.2. The number of carbonyl (C=O) groups excluding carboxylic acids is 1. The summed E-state index contributed by atoms with van der Waals surface area (Å²) in [5.74, 6) is -1.02. The number of carboxylic acids is 1. The van der Waals surface area contributed by atoms with E-state index in [1.54, 1.807) is 26.8 Å². The molecule has 0 aliphatic carbocycles. The lowest BCUT2D eigenvalue weighted by Crippen LogP contribution is -2.36. The van der Waals surface area contributed by atoms with Gasteiger partial charge in [0.15, 0.2) is 0 Å². The minimum absolute atomic E-state index is 0.117. The van der Waals surface area contributed by atoms with Crippen molar-refractivity contribution >= 4 is 17.7 Å². The minimum atomic E-state index is -1.02. The molecule has 0 atom stereocenters. The van der Waals surface area contributed by atoms with Gasteiger partial charge in [-0.2, -0.15) is 0 Å². The zero-order chi connectivity index (χ0) is 15.3. The van der Waals surface area contributed by atoms with E-state index in [9.17, 15) is 9.59 Å². The standard InChI is InChI=1S/C14H20N2O4/c1-4-16(5-6-17)14(20)15-11-7-9(2)10(3)12(8-11)13(18)19/h7-8,17H,4-6H2,1-3H3,(H,15,20)(H,18,19). The molecular formula is C14H20N2O4. The largest absolute Gasteiger partial charge is 0.478 e. The zero-order valence-corrected chi connectivity index (χ0v) is 11.9. The first-order valence-corrected chi connectivity index (χ1v) is 6.42. The average molecular weight is 280 g/mol. The van der Waals surface area contributed by atoms with Gasteiger partial charge in [0, 0.05) is 18.8 Å². The zero-order valence-electron chi connectivity index (χ0n) is 11.9. The maximum Gasteiger partial charge on any atom is 0.336 e. The number of hydrogen-bond donors (Lipinski definition) is 3. The fourth-order valence-corrected chi connectivity index (χ4v) is 1.88. The summed E-state index contributed by atoms with van der Waals surface area (Å²) in [4.78, 5) is 24.6. The van der Waals surface area contributed by atoms with Crippen molar-refractivity contribution < 1.29 is 19.8 Å². The topological polar surface area (TPSA) is 89.9 Å². The highest BCUT2D eigenvalue weighted by molar-refractivity contribution is 5.94. The third-order valence-electron chi connectivity index (χ3n) is 3.19. The van der Waals surface area contributed by atoms with Crippen LogP contribution in [-0.4, -0.2) is 46.8 Å². The number of nitrogens with one attached hydrogen (secondary N) is 1. The molecule has 2 amide bonds. The van der Waals surface area contributed by atoms with Gasteiger partial charge in [0.1, 0.15) is 0 Å². The summed E-state index contributed by atoms with van der Waals surface area (Å²) in [6, 6.07) is 2.81. The molecule has 6 nitrogen and oxygen atoms in total. The molecule has 20 heavy (non-hydrogen) atoms. The Hall–Kier alpha value is -2.08. The highest BCUT2D eigenvalue weighted by atomic mass is 16.4. The highest BCUT2D eigenvalue weighted by Crippen LogP contribution is 2.20. The fraction of sp³-hybridized carbons (Fsp3) is 0.429. The summed E-state index contributed by atoms with van der Waals surface area (Å²) < 4.78 is 0. The number of aliphatic hydroxyl groups is 1. The van der Waals surface area contributed by atoms with Gasteiger partial charge in [0.2, 0.25) is 0 Å². The van der Waals surface area contributed by atoms with Gasteiger partial charge in [-0.15, -0.1) is 0 Å². The van der Waals surface area contributed by atoms with Crippen LogP contribution in [0.2, 0.25) is 0 Å². The van der Waals surface area contributed by atoms with E-state index >= 15 is 0 Å². The number of aromatic carboxylic acids is 1. The molecule has 1 rings (SSSR count). The fourth-order valence-electron chi connectivity index (χ4n) is 1.88. The van der Waals surface area contributed by atoms with Gasteiger partial charge in [-0.1, -0.05) is 0 Å². The van der Waals surface area contributed by atoms with E-state index in [1.807, 2.05) is 0 Å². The molecule has 3 N–H and O–H groups in total. The number of aliphatic hydroxyl groups excluding tert-OH is 1. The molecule has 0 heterocycles. The summed E-state index contributed by atoms with van der Waals surface area (Å²) in [5.41, 5.74) is 2.08. The Balaban J connectivity index is 2.98. The van der Waals surface area contributed by atoms with Gasteiger partial charge >= 0.3 is 12.0 Å². The second-order valence-electron chi connectivity index (χ2n) is 4.50. The molecule has 110 valence electrons. The van der Waals surface area contributed by atoms with Crippen LogP contribution in [-0.2, 0) is 0 Å². The Morgan fingerprint density at radius 1 is 1.30 bits per heavy atom. The summed E-state index contributed by atoms with van der Waals surface area (Å²) in [7, 11) is 0. The molecular weight excluding hydrogens is 260 g/mol. The molecule has 0 radical (unpaired) electrons. The number of rotatable bonds is 5. The number of benzene rings is 1. The quantitative estimate of drug-likeness (QED) is 0.767. The molecule has 0 fully saturated rings. The SMILES string of the molecule is CCN(CCO)C(=O)Nc1cc(C)c(C)c(C(=O)O)c1. The van der Waals surface area contributed by atoms with Crippen molar-refractivity contribution in [2.45, 2.75) is 20.8 Å². The Labute approximate surface area is 118 Å².